The third-order valence-corrected chi connectivity index (χ3v) is 5.59. The van der Waals surface area contributed by atoms with Crippen LogP contribution >= 0.6 is 23.1 Å². The molecule has 1 aliphatic heterocycles. The predicted octanol–water partition coefficient (Wildman–Crippen LogP) is 3.43. The highest BCUT2D eigenvalue weighted by Crippen LogP contribution is 2.37. The van der Waals surface area contributed by atoms with Gasteiger partial charge in [-0.05, 0) is 18.1 Å². The van der Waals surface area contributed by atoms with Crippen LogP contribution in [0.15, 0.2) is 34.0 Å². The summed E-state index contributed by atoms with van der Waals surface area (Å²) in [6.07, 6.45) is 1.01. The Morgan fingerprint density at radius 2 is 2.33 bits per heavy atom. The molecule has 0 spiro atoms. The number of para-hydroxylation sites is 1. The second-order valence-corrected chi connectivity index (χ2v) is 6.98. The molecule has 110 valence electrons. The number of hydrogen-bond acceptors (Lipinski definition) is 5. The molecule has 2 aromatic rings. The molecule has 1 unspecified atom stereocenters. The molecule has 4 nitrogen and oxygen atoms in total. The van der Waals surface area contributed by atoms with Gasteiger partial charge in [0.2, 0.25) is 0 Å². The van der Waals surface area contributed by atoms with Crippen molar-refractivity contribution in [3.63, 3.8) is 0 Å². The van der Waals surface area contributed by atoms with Gasteiger partial charge in [0.1, 0.15) is 10.1 Å². The zero-order chi connectivity index (χ0) is 14.7. The van der Waals surface area contributed by atoms with Crippen LogP contribution in [-0.4, -0.2) is 28.4 Å². The minimum atomic E-state index is -0.838. The molecule has 0 radical (unpaired) electrons. The molecule has 0 aliphatic carbocycles. The number of carbonyl (C=O) groups is 1. The number of thiazole rings is 1. The van der Waals surface area contributed by atoms with Gasteiger partial charge < -0.3 is 9.84 Å². The molecule has 2 heterocycles. The maximum absolute atomic E-state index is 10.7. The van der Waals surface area contributed by atoms with E-state index in [-0.39, 0.29) is 6.42 Å². The van der Waals surface area contributed by atoms with Gasteiger partial charge in [-0.1, -0.05) is 30.0 Å². The molecule has 1 atom stereocenters. The molecule has 6 heteroatoms. The molecule has 0 amide bonds. The minimum Gasteiger partial charge on any atom is -0.493 e. The Bertz CT molecular complexity index is 641. The van der Waals surface area contributed by atoms with Gasteiger partial charge in [-0.25, -0.2) is 4.98 Å². The van der Waals surface area contributed by atoms with E-state index in [1.54, 1.807) is 11.8 Å². The Morgan fingerprint density at radius 1 is 1.48 bits per heavy atom. The van der Waals surface area contributed by atoms with Crippen LogP contribution in [-0.2, 0) is 11.2 Å². The average Bonchev–Trinajstić information content (AvgIpc) is 2.92. The molecular weight excluding hydrogens is 306 g/mol. The summed E-state index contributed by atoms with van der Waals surface area (Å²) in [5.41, 5.74) is 1.90. The second kappa shape index (κ2) is 6.49. The van der Waals surface area contributed by atoms with Gasteiger partial charge in [0.25, 0.3) is 0 Å². The van der Waals surface area contributed by atoms with E-state index in [2.05, 4.69) is 11.1 Å². The summed E-state index contributed by atoms with van der Waals surface area (Å²) in [6, 6.07) is 8.17. The van der Waals surface area contributed by atoms with E-state index < -0.39 is 5.97 Å². The fourth-order valence-corrected chi connectivity index (χ4v) is 4.39. The number of fused-ring (bicyclic) bond motifs is 1. The van der Waals surface area contributed by atoms with Crippen molar-refractivity contribution in [1.29, 1.82) is 0 Å². The van der Waals surface area contributed by atoms with Gasteiger partial charge in [-0.3, -0.25) is 4.79 Å². The Morgan fingerprint density at radius 3 is 3.19 bits per heavy atom. The molecular formula is C15H15NO3S2. The van der Waals surface area contributed by atoms with Gasteiger partial charge in [0.15, 0.2) is 0 Å². The lowest BCUT2D eigenvalue weighted by molar-refractivity contribution is -0.136. The minimum absolute atomic E-state index is 0.00282. The highest BCUT2D eigenvalue weighted by Gasteiger charge is 2.21. The van der Waals surface area contributed by atoms with Gasteiger partial charge in [-0.15, -0.1) is 11.3 Å². The second-order valence-electron chi connectivity index (χ2n) is 4.86. The molecule has 1 aromatic carbocycles. The lowest BCUT2D eigenvalue weighted by Crippen LogP contribution is -2.15. The Balaban J connectivity index is 1.63. The maximum atomic E-state index is 10.7. The fourth-order valence-electron chi connectivity index (χ4n) is 2.35. The van der Waals surface area contributed by atoms with Crippen molar-refractivity contribution in [3.8, 4) is 5.75 Å². The topological polar surface area (TPSA) is 59.4 Å². The number of ether oxygens (including phenoxy) is 1. The first-order valence-electron chi connectivity index (χ1n) is 6.73. The molecule has 1 aromatic heterocycles. The number of aromatic nitrogens is 1. The zero-order valence-electron chi connectivity index (χ0n) is 11.3. The molecule has 1 aliphatic rings. The van der Waals surface area contributed by atoms with Gasteiger partial charge in [-0.2, -0.15) is 0 Å². The van der Waals surface area contributed by atoms with E-state index in [9.17, 15) is 4.79 Å². The van der Waals surface area contributed by atoms with Crippen molar-refractivity contribution in [2.45, 2.75) is 23.1 Å². The number of carboxylic acids is 1. The Kier molecular flexibility index (Phi) is 4.45. The smallest absolute Gasteiger partial charge is 0.309 e. The number of thioether (sulfide) groups is 1. The average molecular weight is 321 g/mol. The highest BCUT2D eigenvalue weighted by molar-refractivity contribution is 8.01. The van der Waals surface area contributed by atoms with Crippen LogP contribution in [0, 0.1) is 0 Å². The summed E-state index contributed by atoms with van der Waals surface area (Å²) in [5.74, 6) is 1.56. The Labute approximate surface area is 131 Å². The van der Waals surface area contributed by atoms with Crippen LogP contribution < -0.4 is 4.74 Å². The number of carboxylic acid groups (broad SMARTS) is 1. The van der Waals surface area contributed by atoms with E-state index in [0.717, 1.165) is 28.9 Å². The van der Waals surface area contributed by atoms with Gasteiger partial charge in [0, 0.05) is 17.1 Å². The van der Waals surface area contributed by atoms with E-state index >= 15 is 0 Å². The Hall–Kier alpha value is -1.53. The van der Waals surface area contributed by atoms with Crippen molar-refractivity contribution >= 4 is 29.1 Å². The van der Waals surface area contributed by atoms with Crippen LogP contribution in [0.5, 0.6) is 5.75 Å². The molecule has 21 heavy (non-hydrogen) atoms. The van der Waals surface area contributed by atoms with E-state index in [4.69, 9.17) is 9.84 Å². The third kappa shape index (κ3) is 3.57. The van der Waals surface area contributed by atoms with Crippen LogP contribution in [0.3, 0.4) is 0 Å². The first-order chi connectivity index (χ1) is 10.2. The van der Waals surface area contributed by atoms with Crippen molar-refractivity contribution in [3.05, 3.63) is 40.9 Å². The largest absolute Gasteiger partial charge is 0.493 e. The van der Waals surface area contributed by atoms with Crippen molar-refractivity contribution in [2.24, 2.45) is 0 Å². The van der Waals surface area contributed by atoms with Crippen LogP contribution in [0.2, 0.25) is 0 Å². The summed E-state index contributed by atoms with van der Waals surface area (Å²) in [5, 5.41) is 10.6. The monoisotopic (exact) mass is 321 g/mol. The number of nitrogens with zero attached hydrogens (tertiary/aromatic N) is 1. The lowest BCUT2D eigenvalue weighted by atomic mass is 9.95. The van der Waals surface area contributed by atoms with Gasteiger partial charge >= 0.3 is 5.97 Å². The standard InChI is InChI=1S/C15H15NO3S2/c17-14(18)7-11-9-21-15(16-11)20-8-10-5-6-19-13-4-2-1-3-12(10)13/h1-4,9-10H,5-8H2,(H,17,18). The number of hydrogen-bond donors (Lipinski definition) is 1. The van der Waals surface area contributed by atoms with E-state index in [1.807, 2.05) is 23.6 Å². The number of aliphatic carboxylic acids is 1. The first kappa shape index (κ1) is 14.4. The first-order valence-corrected chi connectivity index (χ1v) is 8.59. The van der Waals surface area contributed by atoms with Crippen molar-refractivity contribution in [2.75, 3.05) is 12.4 Å². The molecule has 0 fully saturated rings. The summed E-state index contributed by atoms with van der Waals surface area (Å²) >= 11 is 3.22. The van der Waals surface area contributed by atoms with Crippen LogP contribution in [0.4, 0.5) is 0 Å². The van der Waals surface area contributed by atoms with Crippen LogP contribution in [0.1, 0.15) is 23.6 Å². The quantitative estimate of drug-likeness (QED) is 0.855. The molecule has 3 rings (SSSR count). The summed E-state index contributed by atoms with van der Waals surface area (Å²) in [6.45, 7) is 0.754. The number of benzene rings is 1. The zero-order valence-corrected chi connectivity index (χ0v) is 13.0. The van der Waals surface area contributed by atoms with Gasteiger partial charge in [0.05, 0.1) is 18.7 Å². The third-order valence-electron chi connectivity index (χ3n) is 3.35. The summed E-state index contributed by atoms with van der Waals surface area (Å²) < 4.78 is 6.61. The van der Waals surface area contributed by atoms with E-state index in [0.29, 0.717) is 11.6 Å². The maximum Gasteiger partial charge on any atom is 0.309 e. The fraction of sp³-hybridized carbons (Fsp3) is 0.333. The summed E-state index contributed by atoms with van der Waals surface area (Å²) in [7, 11) is 0. The highest BCUT2D eigenvalue weighted by atomic mass is 32.2. The molecule has 0 saturated heterocycles. The predicted molar refractivity (Wildman–Crippen MR) is 83.5 cm³/mol. The molecule has 1 N–H and O–H groups in total. The summed E-state index contributed by atoms with van der Waals surface area (Å²) in [4.78, 5) is 15.0. The molecule has 0 bridgehead atoms. The SMILES string of the molecule is O=C(O)Cc1csc(SCC2CCOc3ccccc32)n1. The van der Waals surface area contributed by atoms with Crippen molar-refractivity contribution in [1.82, 2.24) is 4.98 Å². The lowest BCUT2D eigenvalue weighted by Gasteiger charge is -2.25. The van der Waals surface area contributed by atoms with E-state index in [1.165, 1.54) is 16.9 Å². The molecule has 0 saturated carbocycles. The number of rotatable bonds is 5. The van der Waals surface area contributed by atoms with Crippen LogP contribution in [0.25, 0.3) is 0 Å². The van der Waals surface area contributed by atoms with Crippen molar-refractivity contribution < 1.29 is 14.6 Å². The normalized spacial score (nSPS) is 17.0.